The van der Waals surface area contributed by atoms with E-state index in [1.807, 2.05) is 29.6 Å². The topological polar surface area (TPSA) is 29.1 Å². The highest BCUT2D eigenvalue weighted by Gasteiger charge is 2.23. The lowest BCUT2D eigenvalue weighted by Gasteiger charge is -2.10. The van der Waals surface area contributed by atoms with Crippen molar-refractivity contribution in [3.05, 3.63) is 35.2 Å². The van der Waals surface area contributed by atoms with Crippen LogP contribution in [-0.2, 0) is 0 Å². The van der Waals surface area contributed by atoms with Crippen LogP contribution >= 0.6 is 22.9 Å². The van der Waals surface area contributed by atoms with Crippen LogP contribution in [0.5, 0.6) is 0 Å². The summed E-state index contributed by atoms with van der Waals surface area (Å²) in [6.45, 7) is 0.742. The van der Waals surface area contributed by atoms with Crippen molar-refractivity contribution in [2.24, 2.45) is 5.92 Å². The van der Waals surface area contributed by atoms with Gasteiger partial charge in [-0.3, -0.25) is 4.79 Å². The maximum atomic E-state index is 12.2. The van der Waals surface area contributed by atoms with E-state index in [0.29, 0.717) is 11.3 Å². The van der Waals surface area contributed by atoms with Gasteiger partial charge in [-0.15, -0.1) is 22.9 Å². The predicted molar refractivity (Wildman–Crippen MR) is 81.1 cm³/mol. The van der Waals surface area contributed by atoms with E-state index in [9.17, 15) is 4.79 Å². The van der Waals surface area contributed by atoms with Crippen molar-refractivity contribution in [1.82, 2.24) is 5.32 Å². The molecule has 2 unspecified atom stereocenters. The maximum Gasteiger partial charge on any atom is 0.252 e. The molecule has 2 aromatic rings. The van der Waals surface area contributed by atoms with Crippen LogP contribution in [0.4, 0.5) is 0 Å². The number of hydrogen-bond donors (Lipinski definition) is 1. The lowest BCUT2D eigenvalue weighted by molar-refractivity contribution is 0.0949. The Bertz CT molecular complexity index is 595. The van der Waals surface area contributed by atoms with E-state index in [4.69, 9.17) is 11.6 Å². The van der Waals surface area contributed by atoms with Crippen LogP contribution in [-0.4, -0.2) is 17.8 Å². The number of halogens is 1. The smallest absolute Gasteiger partial charge is 0.252 e. The van der Waals surface area contributed by atoms with Crippen LogP contribution in [0.3, 0.4) is 0 Å². The monoisotopic (exact) mass is 293 g/mol. The molecule has 2 nitrogen and oxygen atoms in total. The predicted octanol–water partition coefficient (Wildman–Crippen LogP) is 4.04. The fourth-order valence-electron chi connectivity index (χ4n) is 2.69. The molecule has 0 spiro atoms. The van der Waals surface area contributed by atoms with Gasteiger partial charge in [-0.2, -0.15) is 0 Å². The minimum absolute atomic E-state index is 0.0375. The molecule has 1 heterocycles. The van der Waals surface area contributed by atoms with Crippen molar-refractivity contribution in [2.75, 3.05) is 6.54 Å². The molecule has 0 bridgehead atoms. The number of rotatable bonds is 3. The third kappa shape index (κ3) is 2.77. The van der Waals surface area contributed by atoms with E-state index >= 15 is 0 Å². The number of nitrogens with one attached hydrogen (secondary N) is 1. The molecule has 100 valence electrons. The minimum Gasteiger partial charge on any atom is -0.352 e. The minimum atomic E-state index is 0.0375. The summed E-state index contributed by atoms with van der Waals surface area (Å²) >= 11 is 7.71. The Labute approximate surface area is 121 Å². The summed E-state index contributed by atoms with van der Waals surface area (Å²) < 4.78 is 1.16. The second kappa shape index (κ2) is 5.51. The molecule has 0 radical (unpaired) electrons. The third-order valence-electron chi connectivity index (χ3n) is 3.75. The maximum absolute atomic E-state index is 12.2. The van der Waals surface area contributed by atoms with Gasteiger partial charge in [0.05, 0.1) is 5.56 Å². The van der Waals surface area contributed by atoms with E-state index < -0.39 is 0 Å². The normalized spacial score (nSPS) is 22.8. The standard InChI is InChI=1S/C15H16ClNOS/c16-11-6-5-10(7-11)8-17-15(18)13-9-19-14-4-2-1-3-12(13)14/h1-4,9-11H,5-8H2,(H,17,18). The molecule has 1 aromatic heterocycles. The van der Waals surface area contributed by atoms with E-state index in [2.05, 4.69) is 5.32 Å². The van der Waals surface area contributed by atoms with Crippen molar-refractivity contribution in [2.45, 2.75) is 24.6 Å². The Kier molecular flexibility index (Phi) is 3.76. The van der Waals surface area contributed by atoms with Gasteiger partial charge in [-0.1, -0.05) is 18.2 Å². The molecular formula is C15H16ClNOS. The number of amides is 1. The van der Waals surface area contributed by atoms with E-state index in [-0.39, 0.29) is 5.91 Å². The molecule has 1 aliphatic carbocycles. The summed E-state index contributed by atoms with van der Waals surface area (Å²) in [5, 5.41) is 6.34. The van der Waals surface area contributed by atoms with Crippen LogP contribution in [0.15, 0.2) is 29.6 Å². The molecule has 4 heteroatoms. The van der Waals surface area contributed by atoms with E-state index in [0.717, 1.165) is 41.5 Å². The van der Waals surface area contributed by atoms with Crippen molar-refractivity contribution >= 4 is 38.9 Å². The SMILES string of the molecule is O=C(NCC1CCC(Cl)C1)c1csc2ccccc12. The lowest BCUT2D eigenvalue weighted by Crippen LogP contribution is -2.28. The summed E-state index contributed by atoms with van der Waals surface area (Å²) in [7, 11) is 0. The van der Waals surface area contributed by atoms with Crippen LogP contribution in [0.25, 0.3) is 10.1 Å². The Balaban J connectivity index is 1.67. The number of hydrogen-bond acceptors (Lipinski definition) is 2. The largest absolute Gasteiger partial charge is 0.352 e. The average molecular weight is 294 g/mol. The number of carbonyl (C=O) groups excluding carboxylic acids is 1. The highest BCUT2D eigenvalue weighted by molar-refractivity contribution is 7.17. The molecule has 1 N–H and O–H groups in total. The Hall–Kier alpha value is -1.06. The molecule has 0 saturated heterocycles. The molecule has 0 aliphatic heterocycles. The van der Waals surface area contributed by atoms with Crippen molar-refractivity contribution in [3.8, 4) is 0 Å². The lowest BCUT2D eigenvalue weighted by atomic mass is 10.1. The van der Waals surface area contributed by atoms with Crippen LogP contribution in [0, 0.1) is 5.92 Å². The molecule has 1 aliphatic rings. The fourth-order valence-corrected chi connectivity index (χ4v) is 4.00. The fraction of sp³-hybridized carbons (Fsp3) is 0.400. The zero-order valence-electron chi connectivity index (χ0n) is 10.6. The van der Waals surface area contributed by atoms with E-state index in [1.165, 1.54) is 0 Å². The van der Waals surface area contributed by atoms with Gasteiger partial charge in [-0.05, 0) is 31.2 Å². The second-order valence-corrected chi connectivity index (χ2v) is 6.66. The molecule has 1 aromatic carbocycles. The number of fused-ring (bicyclic) bond motifs is 1. The summed E-state index contributed by atoms with van der Waals surface area (Å²) in [6, 6.07) is 8.03. The first kappa shape index (κ1) is 12.9. The second-order valence-electron chi connectivity index (χ2n) is 5.13. The van der Waals surface area contributed by atoms with Gasteiger partial charge in [0.1, 0.15) is 0 Å². The van der Waals surface area contributed by atoms with Gasteiger partial charge in [-0.25, -0.2) is 0 Å². The summed E-state index contributed by atoms with van der Waals surface area (Å²) in [4.78, 5) is 12.2. The molecule has 1 saturated carbocycles. The molecule has 2 atom stereocenters. The molecule has 19 heavy (non-hydrogen) atoms. The van der Waals surface area contributed by atoms with Crippen LogP contribution in [0.2, 0.25) is 0 Å². The summed E-state index contributed by atoms with van der Waals surface area (Å²) in [6.07, 6.45) is 3.22. The average Bonchev–Trinajstić information content (AvgIpc) is 3.02. The van der Waals surface area contributed by atoms with E-state index in [1.54, 1.807) is 11.3 Å². The van der Waals surface area contributed by atoms with Gasteiger partial charge in [0.2, 0.25) is 0 Å². The van der Waals surface area contributed by atoms with Gasteiger partial charge >= 0.3 is 0 Å². The first-order valence-electron chi connectivity index (χ1n) is 6.62. The van der Waals surface area contributed by atoms with Gasteiger partial charge in [0, 0.05) is 27.4 Å². The first-order valence-corrected chi connectivity index (χ1v) is 7.94. The number of carbonyl (C=O) groups is 1. The first-order chi connectivity index (χ1) is 9.24. The molecule has 3 rings (SSSR count). The Morgan fingerprint density at radius 3 is 3.00 bits per heavy atom. The zero-order valence-corrected chi connectivity index (χ0v) is 12.1. The Morgan fingerprint density at radius 2 is 2.21 bits per heavy atom. The summed E-state index contributed by atoms with van der Waals surface area (Å²) in [5.74, 6) is 0.576. The quantitative estimate of drug-likeness (QED) is 0.850. The number of alkyl halides is 1. The zero-order chi connectivity index (χ0) is 13.2. The van der Waals surface area contributed by atoms with Gasteiger partial charge < -0.3 is 5.32 Å². The highest BCUT2D eigenvalue weighted by Crippen LogP contribution is 2.29. The highest BCUT2D eigenvalue weighted by atomic mass is 35.5. The molecule has 1 fully saturated rings. The van der Waals surface area contributed by atoms with Crippen LogP contribution in [0.1, 0.15) is 29.6 Å². The Morgan fingerprint density at radius 1 is 1.37 bits per heavy atom. The van der Waals surface area contributed by atoms with Crippen molar-refractivity contribution < 1.29 is 4.79 Å². The van der Waals surface area contributed by atoms with Gasteiger partial charge in [0.25, 0.3) is 5.91 Å². The number of benzene rings is 1. The van der Waals surface area contributed by atoms with Crippen LogP contribution < -0.4 is 5.32 Å². The summed E-state index contributed by atoms with van der Waals surface area (Å²) in [5.41, 5.74) is 0.793. The van der Waals surface area contributed by atoms with Crippen molar-refractivity contribution in [3.63, 3.8) is 0 Å². The number of thiophene rings is 1. The molecular weight excluding hydrogens is 278 g/mol. The van der Waals surface area contributed by atoms with Gasteiger partial charge in [0.15, 0.2) is 0 Å². The third-order valence-corrected chi connectivity index (χ3v) is 5.11. The molecule has 1 amide bonds. The van der Waals surface area contributed by atoms with Crippen molar-refractivity contribution in [1.29, 1.82) is 0 Å².